The molecule has 0 N–H and O–H groups in total. The van der Waals surface area contributed by atoms with Crippen LogP contribution in [0.1, 0.15) is 53.5 Å². The van der Waals surface area contributed by atoms with Crippen LogP contribution >= 0.6 is 0 Å². The molecule has 1 aromatic heterocycles. The number of hydrogen-bond donors (Lipinski definition) is 0. The Kier molecular flexibility index (Phi) is 3.81. The van der Waals surface area contributed by atoms with Crippen molar-refractivity contribution in [1.82, 2.24) is 15.0 Å². The second kappa shape index (κ2) is 6.22. The lowest BCUT2D eigenvalue weighted by molar-refractivity contribution is -0.130. The van der Waals surface area contributed by atoms with Crippen molar-refractivity contribution in [3.63, 3.8) is 0 Å². The van der Waals surface area contributed by atoms with Gasteiger partial charge in [-0.3, -0.25) is 9.59 Å². The van der Waals surface area contributed by atoms with Crippen LogP contribution in [-0.2, 0) is 4.79 Å². The molecule has 27 heavy (non-hydrogen) atoms. The summed E-state index contributed by atoms with van der Waals surface area (Å²) in [5.41, 5.74) is 2.05. The van der Waals surface area contributed by atoms with E-state index in [1.165, 1.54) is 0 Å². The molecular weight excluding hydrogens is 342 g/mol. The molecule has 6 nitrogen and oxygen atoms in total. The Morgan fingerprint density at radius 2 is 1.89 bits per heavy atom. The Hall–Kier alpha value is -2.63. The van der Waals surface area contributed by atoms with Gasteiger partial charge in [-0.05, 0) is 18.4 Å². The predicted octanol–water partition coefficient (Wildman–Crippen LogP) is 2.84. The fourth-order valence-electron chi connectivity index (χ4n) is 4.73. The quantitative estimate of drug-likeness (QED) is 0.839. The van der Waals surface area contributed by atoms with Gasteiger partial charge in [-0.1, -0.05) is 35.5 Å². The lowest BCUT2D eigenvalue weighted by atomic mass is 9.89. The van der Waals surface area contributed by atoms with E-state index < -0.39 is 0 Å². The third-order valence-corrected chi connectivity index (χ3v) is 6.23. The van der Waals surface area contributed by atoms with Gasteiger partial charge in [-0.15, -0.1) is 0 Å². The molecule has 1 aromatic carbocycles. The normalized spacial score (nSPS) is 27.1. The van der Waals surface area contributed by atoms with Gasteiger partial charge >= 0.3 is 0 Å². The zero-order valence-corrected chi connectivity index (χ0v) is 15.4. The molecule has 2 amide bonds. The Balaban J connectivity index is 1.37. The van der Waals surface area contributed by atoms with E-state index in [0.717, 1.165) is 24.1 Å². The first-order valence-corrected chi connectivity index (χ1v) is 9.70. The van der Waals surface area contributed by atoms with Gasteiger partial charge in [-0.2, -0.15) is 0 Å². The van der Waals surface area contributed by atoms with Crippen LogP contribution in [0.3, 0.4) is 0 Å². The molecule has 3 aliphatic rings. The number of carbonyl (C=O) groups excluding carboxylic acids is 2. The Labute approximate surface area is 158 Å². The third kappa shape index (κ3) is 2.83. The minimum atomic E-state index is -0.0787. The second-order valence-corrected chi connectivity index (χ2v) is 8.05. The van der Waals surface area contributed by atoms with E-state index in [0.29, 0.717) is 37.2 Å². The molecule has 6 heteroatoms. The number of nitrogens with zero attached hydrogens (tertiary/aromatic N) is 3. The molecule has 1 aliphatic carbocycles. The molecule has 2 saturated heterocycles. The molecular formula is C21H23N3O3. The van der Waals surface area contributed by atoms with Crippen molar-refractivity contribution in [3.05, 3.63) is 53.4 Å². The molecule has 5 rings (SSSR count). The maximum Gasteiger partial charge on any atom is 0.292 e. The third-order valence-electron chi connectivity index (χ3n) is 6.23. The van der Waals surface area contributed by atoms with E-state index in [1.807, 2.05) is 34.1 Å². The summed E-state index contributed by atoms with van der Waals surface area (Å²) in [5, 5.41) is 4.07. The first-order valence-electron chi connectivity index (χ1n) is 9.70. The molecule has 0 spiro atoms. The smallest absolute Gasteiger partial charge is 0.292 e. The van der Waals surface area contributed by atoms with Crippen LogP contribution in [0.4, 0.5) is 0 Å². The Morgan fingerprint density at radius 3 is 2.59 bits per heavy atom. The number of fused-ring (bicyclic) bond motifs is 1. The van der Waals surface area contributed by atoms with Crippen molar-refractivity contribution in [3.8, 4) is 0 Å². The van der Waals surface area contributed by atoms with E-state index in [9.17, 15) is 9.59 Å². The van der Waals surface area contributed by atoms with Crippen LogP contribution in [0.5, 0.6) is 0 Å². The number of aromatic nitrogens is 1. The monoisotopic (exact) mass is 365 g/mol. The number of likely N-dealkylation sites (tertiary alicyclic amines) is 2. The van der Waals surface area contributed by atoms with E-state index in [2.05, 4.69) is 17.3 Å². The molecule has 1 saturated carbocycles. The summed E-state index contributed by atoms with van der Waals surface area (Å²) in [6.07, 6.45) is 2.27. The van der Waals surface area contributed by atoms with Crippen LogP contribution in [-0.4, -0.2) is 46.4 Å². The predicted molar refractivity (Wildman–Crippen MR) is 97.9 cm³/mol. The number of rotatable bonds is 3. The first-order chi connectivity index (χ1) is 13.1. The van der Waals surface area contributed by atoms with E-state index in [-0.39, 0.29) is 23.8 Å². The molecule has 140 valence electrons. The highest BCUT2D eigenvalue weighted by molar-refractivity contribution is 5.91. The fourth-order valence-corrected chi connectivity index (χ4v) is 4.73. The van der Waals surface area contributed by atoms with Crippen LogP contribution in [0.25, 0.3) is 0 Å². The maximum atomic E-state index is 12.9. The summed E-state index contributed by atoms with van der Waals surface area (Å²) in [4.78, 5) is 28.9. The summed E-state index contributed by atoms with van der Waals surface area (Å²) < 4.78 is 5.33. The van der Waals surface area contributed by atoms with E-state index in [4.69, 9.17) is 4.52 Å². The van der Waals surface area contributed by atoms with Crippen molar-refractivity contribution in [2.75, 3.05) is 19.6 Å². The lowest BCUT2D eigenvalue weighted by Crippen LogP contribution is -2.36. The topological polar surface area (TPSA) is 66.7 Å². The van der Waals surface area contributed by atoms with Crippen LogP contribution in [0.2, 0.25) is 0 Å². The largest absolute Gasteiger partial charge is 0.351 e. The highest BCUT2D eigenvalue weighted by atomic mass is 16.5. The van der Waals surface area contributed by atoms with E-state index >= 15 is 0 Å². The molecule has 2 aliphatic heterocycles. The van der Waals surface area contributed by atoms with Gasteiger partial charge in [0.2, 0.25) is 11.7 Å². The van der Waals surface area contributed by atoms with Gasteiger partial charge in [0.15, 0.2) is 0 Å². The van der Waals surface area contributed by atoms with Gasteiger partial charge in [0.25, 0.3) is 5.91 Å². The molecule has 0 bridgehead atoms. The highest BCUT2D eigenvalue weighted by Crippen LogP contribution is 2.45. The van der Waals surface area contributed by atoms with Gasteiger partial charge in [0.05, 0.1) is 11.7 Å². The molecule has 2 aromatic rings. The summed E-state index contributed by atoms with van der Waals surface area (Å²) in [5.74, 6) is 1.39. The number of benzene rings is 1. The number of carbonyl (C=O) groups is 2. The molecule has 3 atom stereocenters. The fraction of sp³-hybridized carbons (Fsp3) is 0.476. The van der Waals surface area contributed by atoms with E-state index in [1.54, 1.807) is 6.92 Å². The van der Waals surface area contributed by atoms with Crippen molar-refractivity contribution >= 4 is 11.8 Å². The zero-order chi connectivity index (χ0) is 18.5. The van der Waals surface area contributed by atoms with Crippen molar-refractivity contribution < 1.29 is 14.1 Å². The van der Waals surface area contributed by atoms with Gasteiger partial charge in [-0.25, -0.2) is 0 Å². The average molecular weight is 365 g/mol. The number of hydrogen-bond acceptors (Lipinski definition) is 4. The Bertz CT molecular complexity index is 874. The van der Waals surface area contributed by atoms with Crippen LogP contribution < -0.4 is 0 Å². The summed E-state index contributed by atoms with van der Waals surface area (Å²) in [6, 6.07) is 12.0. The number of amides is 2. The molecule has 3 fully saturated rings. The maximum absolute atomic E-state index is 12.9. The highest BCUT2D eigenvalue weighted by Gasteiger charge is 2.49. The van der Waals surface area contributed by atoms with Crippen LogP contribution in [0.15, 0.2) is 40.9 Å². The minimum Gasteiger partial charge on any atom is -0.351 e. The second-order valence-electron chi connectivity index (χ2n) is 8.05. The van der Waals surface area contributed by atoms with Gasteiger partial charge in [0, 0.05) is 50.4 Å². The average Bonchev–Trinajstić information content (AvgIpc) is 3.12. The molecule has 0 radical (unpaired) electrons. The van der Waals surface area contributed by atoms with Crippen LogP contribution in [0, 0.1) is 11.8 Å². The summed E-state index contributed by atoms with van der Waals surface area (Å²) in [6.45, 7) is 3.64. The standard InChI is InChI=1S/C21H23N3O3/c1-13(25)24-11-16-10-23(12-17(16)20(24)15-5-3-2-4-6-15)21(26)19-9-18(22-27-19)14-7-8-14/h2-6,9,14,16-17,20H,7-8,10-12H2,1H3/t16-,17-,20-/m1/s1. The van der Waals surface area contributed by atoms with Crippen molar-refractivity contribution in [2.45, 2.75) is 31.7 Å². The molecule has 3 heterocycles. The molecule has 0 unspecified atom stereocenters. The lowest BCUT2D eigenvalue weighted by Gasteiger charge is -2.29. The first kappa shape index (κ1) is 16.5. The summed E-state index contributed by atoms with van der Waals surface area (Å²) >= 11 is 0. The van der Waals surface area contributed by atoms with Gasteiger partial charge in [0.1, 0.15) is 0 Å². The van der Waals surface area contributed by atoms with Gasteiger partial charge < -0.3 is 14.3 Å². The SMILES string of the molecule is CC(=O)N1C[C@H]2CN(C(=O)c3cc(C4CC4)no3)C[C@H]2[C@H]1c1ccccc1. The summed E-state index contributed by atoms with van der Waals surface area (Å²) in [7, 11) is 0. The van der Waals surface area contributed by atoms with Crippen molar-refractivity contribution in [2.24, 2.45) is 11.8 Å². The van der Waals surface area contributed by atoms with Crippen molar-refractivity contribution in [1.29, 1.82) is 0 Å². The Morgan fingerprint density at radius 1 is 1.11 bits per heavy atom. The minimum absolute atomic E-state index is 0.0308. The zero-order valence-electron chi connectivity index (χ0n) is 15.4.